The Labute approximate surface area is 197 Å². The van der Waals surface area contributed by atoms with Crippen molar-refractivity contribution in [2.24, 2.45) is 0 Å². The first kappa shape index (κ1) is 32.7. The molecule has 4 heteroatoms. The molecule has 0 amide bonds. The van der Waals surface area contributed by atoms with Crippen molar-refractivity contribution in [3.05, 3.63) is 29.1 Å². The van der Waals surface area contributed by atoms with Gasteiger partial charge in [-0.15, -0.1) is 17.0 Å². The Kier molecular flexibility index (Phi) is 25.4. The molecule has 0 aliphatic rings. The first-order chi connectivity index (χ1) is 12.2. The molecule has 0 fully saturated rings. The summed E-state index contributed by atoms with van der Waals surface area (Å²) in [7, 11) is 0. The molecule has 1 rings (SSSR count). The fourth-order valence-electron chi connectivity index (χ4n) is 3.66. The van der Waals surface area contributed by atoms with Crippen molar-refractivity contribution in [1.29, 1.82) is 0 Å². The van der Waals surface area contributed by atoms with Gasteiger partial charge in [-0.25, -0.2) is 4.57 Å². The molecule has 0 spiro atoms. The Balaban J connectivity index is -0.00000208. The van der Waals surface area contributed by atoms with Crippen molar-refractivity contribution >= 4 is 17.0 Å². The van der Waals surface area contributed by atoms with Crippen LogP contribution in [0.4, 0.5) is 0 Å². The van der Waals surface area contributed by atoms with E-state index in [2.05, 4.69) is 44.5 Å². The number of nitrogens with zero attached hydrogens (tertiary/aromatic N) is 1. The molecular weight excluding hydrogens is 476 g/mol. The molecule has 2 nitrogen and oxygen atoms in total. The molecule has 0 aliphatic heterocycles. The average molecular weight is 524 g/mol. The van der Waals surface area contributed by atoms with E-state index in [9.17, 15) is 0 Å². The Morgan fingerprint density at radius 2 is 1.07 bits per heavy atom. The van der Waals surface area contributed by atoms with Gasteiger partial charge in [0.05, 0.1) is 0 Å². The quantitative estimate of drug-likeness (QED) is 0.251. The van der Waals surface area contributed by atoms with Gasteiger partial charge in [0.1, 0.15) is 6.54 Å². The lowest BCUT2D eigenvalue weighted by atomic mass is 10.0. The molecule has 168 valence electrons. The molecule has 0 aliphatic carbocycles. The van der Waals surface area contributed by atoms with Crippen LogP contribution in [0.15, 0.2) is 12.3 Å². The van der Waals surface area contributed by atoms with E-state index in [0.717, 1.165) is 0 Å². The number of hydrogen-bond acceptors (Lipinski definition) is 1. The van der Waals surface area contributed by atoms with Gasteiger partial charge in [0, 0.05) is 25.0 Å². The minimum atomic E-state index is 0. The monoisotopic (exact) mass is 522 g/mol. The van der Waals surface area contributed by atoms with Crippen LogP contribution in [-0.2, 0) is 6.54 Å². The molecule has 28 heavy (non-hydrogen) atoms. The molecule has 0 saturated heterocycles. The van der Waals surface area contributed by atoms with Crippen LogP contribution in [0.3, 0.4) is 0 Å². The minimum absolute atomic E-state index is 0. The normalized spacial score (nSPS) is 10.0. The van der Waals surface area contributed by atoms with Crippen molar-refractivity contribution in [3.8, 4) is 0 Å². The third kappa shape index (κ3) is 15.0. The Hall–Kier alpha value is 0.0700. The maximum atomic E-state index is 2.43. The largest absolute Gasteiger partial charge is 1.00 e. The second kappa shape index (κ2) is 21.8. The van der Waals surface area contributed by atoms with Gasteiger partial charge in [0.2, 0.25) is 0 Å². The van der Waals surface area contributed by atoms with Gasteiger partial charge in [-0.3, -0.25) is 0 Å². The number of aromatic nitrogens is 1. The van der Waals surface area contributed by atoms with Gasteiger partial charge in [-0.2, -0.15) is 0 Å². The third-order valence-electron chi connectivity index (χ3n) is 5.82. The third-order valence-corrected chi connectivity index (χ3v) is 5.82. The molecule has 1 aromatic heterocycles. The number of hydrogen-bond donors (Lipinski definition) is 1. The lowest BCUT2D eigenvalue weighted by Crippen LogP contribution is -3.00. The van der Waals surface area contributed by atoms with Crippen LogP contribution in [0.25, 0.3) is 0 Å². The van der Waals surface area contributed by atoms with E-state index in [4.69, 9.17) is 0 Å². The summed E-state index contributed by atoms with van der Waals surface area (Å²) in [6.07, 6.45) is 22.3. The predicted molar refractivity (Wildman–Crippen MR) is 127 cm³/mol. The van der Waals surface area contributed by atoms with Crippen LogP contribution in [0.5, 0.6) is 0 Å². The lowest BCUT2D eigenvalue weighted by molar-refractivity contribution is -0.703. The van der Waals surface area contributed by atoms with Crippen molar-refractivity contribution < 1.29 is 21.5 Å². The van der Waals surface area contributed by atoms with Gasteiger partial charge in [0.15, 0.2) is 11.9 Å². The molecule has 0 atom stereocenters. The van der Waals surface area contributed by atoms with E-state index in [-0.39, 0.29) is 40.1 Å². The second-order valence-corrected chi connectivity index (χ2v) is 8.00. The van der Waals surface area contributed by atoms with Crippen molar-refractivity contribution in [3.63, 3.8) is 0 Å². The maximum absolute atomic E-state index is 2.43. The predicted octanol–water partition coefficient (Wildman–Crippen LogP) is 5.12. The van der Waals surface area contributed by atoms with Crippen LogP contribution >= 0.6 is 17.0 Å². The summed E-state index contributed by atoms with van der Waals surface area (Å²) < 4.78 is 2.43. The highest BCUT2D eigenvalue weighted by Gasteiger charge is 2.10. The van der Waals surface area contributed by atoms with Crippen LogP contribution < -0.4 is 27.7 Å². The van der Waals surface area contributed by atoms with Crippen molar-refractivity contribution in [1.82, 2.24) is 6.15 Å². The molecule has 3 N–H and O–H groups in total. The fraction of sp³-hybridized carbons (Fsp3) is 0.792. The Morgan fingerprint density at radius 1 is 0.679 bits per heavy atom. The Morgan fingerprint density at radius 3 is 1.50 bits per heavy atom. The summed E-state index contributed by atoms with van der Waals surface area (Å²) in [6.45, 7) is 10.2. The zero-order valence-electron chi connectivity index (χ0n) is 19.2. The summed E-state index contributed by atoms with van der Waals surface area (Å²) in [4.78, 5) is 0. The van der Waals surface area contributed by atoms with Gasteiger partial charge < -0.3 is 23.1 Å². The van der Waals surface area contributed by atoms with Gasteiger partial charge >= 0.3 is 0 Å². The molecule has 0 unspecified atom stereocenters. The van der Waals surface area contributed by atoms with E-state index in [1.165, 1.54) is 113 Å². The zero-order valence-corrected chi connectivity index (χ0v) is 22.5. The lowest BCUT2D eigenvalue weighted by Gasteiger charge is -2.06. The standard InChI is InChI=1S/C24H44N.2BrH.H3N/c1-5-6-7-8-9-10-11-12-13-14-15-16-17-18-20-25-21-19-22(2)23(3)24(25)4;;;/h19,21H,5-18,20H2,1-4H3;2*1H;1H3/q+1;;;/p-1. The topological polar surface area (TPSA) is 38.9 Å². The van der Waals surface area contributed by atoms with E-state index in [0.29, 0.717) is 0 Å². The summed E-state index contributed by atoms with van der Waals surface area (Å²) in [5.74, 6) is 0. The number of unbranched alkanes of at least 4 members (excludes halogenated alkanes) is 13. The Bertz CT molecular complexity index is 464. The first-order valence-electron chi connectivity index (χ1n) is 11.1. The number of halogens is 2. The highest BCUT2D eigenvalue weighted by molar-refractivity contribution is 8.93. The number of rotatable bonds is 15. The summed E-state index contributed by atoms with van der Waals surface area (Å²) in [6, 6.07) is 2.26. The zero-order chi connectivity index (χ0) is 18.3. The SMILES string of the molecule is Br.CCCCCCCCCCCCCCCC[n+]1ccc(C)c(C)c1C.N.[Br-]. The van der Waals surface area contributed by atoms with E-state index in [1.807, 2.05) is 0 Å². The number of pyridine rings is 1. The molecule has 0 bridgehead atoms. The van der Waals surface area contributed by atoms with Gasteiger partial charge in [0.25, 0.3) is 0 Å². The molecule has 1 aromatic rings. The number of aryl methyl sites for hydroxylation is 2. The van der Waals surface area contributed by atoms with E-state index >= 15 is 0 Å². The van der Waals surface area contributed by atoms with Crippen LogP contribution in [0.2, 0.25) is 0 Å². The first-order valence-corrected chi connectivity index (χ1v) is 11.1. The molecule has 1 heterocycles. The van der Waals surface area contributed by atoms with Crippen LogP contribution in [-0.4, -0.2) is 0 Å². The molecule has 0 aromatic carbocycles. The highest BCUT2D eigenvalue weighted by atomic mass is 79.9. The smallest absolute Gasteiger partial charge is 0.181 e. The summed E-state index contributed by atoms with van der Waals surface area (Å²) in [5, 5.41) is 0. The van der Waals surface area contributed by atoms with Crippen molar-refractivity contribution in [2.45, 2.75) is 124 Å². The average Bonchev–Trinajstić information content (AvgIpc) is 2.61. The summed E-state index contributed by atoms with van der Waals surface area (Å²) >= 11 is 0. The van der Waals surface area contributed by atoms with Crippen LogP contribution in [0, 0.1) is 20.8 Å². The van der Waals surface area contributed by atoms with Crippen molar-refractivity contribution in [2.75, 3.05) is 0 Å². The molecule has 0 saturated carbocycles. The molecule has 0 radical (unpaired) electrons. The van der Waals surface area contributed by atoms with E-state index in [1.54, 1.807) is 0 Å². The van der Waals surface area contributed by atoms with Gasteiger partial charge in [-0.1, -0.05) is 84.0 Å². The second-order valence-electron chi connectivity index (χ2n) is 8.00. The fourth-order valence-corrected chi connectivity index (χ4v) is 3.66. The highest BCUT2D eigenvalue weighted by Crippen LogP contribution is 2.13. The maximum Gasteiger partial charge on any atom is 0.181 e. The van der Waals surface area contributed by atoms with Gasteiger partial charge in [-0.05, 0) is 25.8 Å². The van der Waals surface area contributed by atoms with Crippen LogP contribution in [0.1, 0.15) is 114 Å². The van der Waals surface area contributed by atoms with E-state index < -0.39 is 0 Å². The summed E-state index contributed by atoms with van der Waals surface area (Å²) in [5.41, 5.74) is 4.30. The minimum Gasteiger partial charge on any atom is -1.00 e. The molecular formula is C24H48Br2N2.